The summed E-state index contributed by atoms with van der Waals surface area (Å²) < 4.78 is 15.1. The third-order valence-corrected chi connectivity index (χ3v) is 6.77. The van der Waals surface area contributed by atoms with Gasteiger partial charge in [-0.05, 0) is 77.9 Å². The normalized spacial score (nSPS) is 10.8. The first kappa shape index (κ1) is 24.7. The second-order valence-electron chi connectivity index (χ2n) is 9.41. The van der Waals surface area contributed by atoms with Crippen LogP contribution in [0.1, 0.15) is 72.9 Å². The zero-order chi connectivity index (χ0) is 24.5. The minimum atomic E-state index is -0.224. The highest BCUT2D eigenvalue weighted by molar-refractivity contribution is 5.85. The van der Waals surface area contributed by atoms with Crippen molar-refractivity contribution in [1.29, 1.82) is 0 Å². The number of benzene rings is 4. The Labute approximate surface area is 210 Å². The fourth-order valence-electron chi connectivity index (χ4n) is 4.47. The maximum atomic E-state index is 15.1. The molecule has 0 aliphatic rings. The lowest BCUT2D eigenvalue weighted by molar-refractivity contribution is 0.636. The Kier molecular flexibility index (Phi) is 8.74. The maximum Gasteiger partial charge on any atom is 0.146 e. The molecule has 0 aliphatic heterocycles. The molecule has 0 nitrogen and oxygen atoms in total. The summed E-state index contributed by atoms with van der Waals surface area (Å²) >= 11 is 0. The molecule has 4 aromatic carbocycles. The predicted molar refractivity (Wildman–Crippen MR) is 147 cm³/mol. The summed E-state index contributed by atoms with van der Waals surface area (Å²) in [5, 5.41) is 1.60. The molecular formula is C34H35F. The van der Waals surface area contributed by atoms with Crippen molar-refractivity contribution in [1.82, 2.24) is 0 Å². The van der Waals surface area contributed by atoms with Gasteiger partial charge in [0.15, 0.2) is 0 Å². The van der Waals surface area contributed by atoms with Gasteiger partial charge in [0.25, 0.3) is 0 Å². The molecule has 0 spiro atoms. The van der Waals surface area contributed by atoms with Crippen LogP contribution in [0.5, 0.6) is 0 Å². The summed E-state index contributed by atoms with van der Waals surface area (Å²) in [6, 6.07) is 27.1. The van der Waals surface area contributed by atoms with E-state index < -0.39 is 0 Å². The number of aryl methyl sites for hydroxylation is 4. The average Bonchev–Trinajstić information content (AvgIpc) is 2.90. The molecule has 0 unspecified atom stereocenters. The SMILES string of the molecule is CCCCCCc1ccc2c(F)c(C#Cc3ccc(CCc4ccc(CC)cc4)cc3)ccc2c1. The van der Waals surface area contributed by atoms with Crippen LogP contribution < -0.4 is 0 Å². The third-order valence-electron chi connectivity index (χ3n) is 6.77. The average molecular weight is 463 g/mol. The van der Waals surface area contributed by atoms with E-state index >= 15 is 4.39 Å². The fourth-order valence-corrected chi connectivity index (χ4v) is 4.47. The van der Waals surface area contributed by atoms with Crippen LogP contribution in [-0.4, -0.2) is 0 Å². The van der Waals surface area contributed by atoms with Crippen molar-refractivity contribution in [3.05, 3.63) is 118 Å². The molecule has 1 heteroatoms. The van der Waals surface area contributed by atoms with E-state index in [9.17, 15) is 0 Å². The molecule has 178 valence electrons. The van der Waals surface area contributed by atoms with Crippen LogP contribution in [0.2, 0.25) is 0 Å². The molecule has 0 radical (unpaired) electrons. The van der Waals surface area contributed by atoms with Gasteiger partial charge in [0, 0.05) is 10.9 Å². The van der Waals surface area contributed by atoms with Crippen LogP contribution in [-0.2, 0) is 25.7 Å². The van der Waals surface area contributed by atoms with E-state index in [0.29, 0.717) is 10.9 Å². The van der Waals surface area contributed by atoms with Crippen molar-refractivity contribution in [2.75, 3.05) is 0 Å². The molecule has 0 saturated carbocycles. The topological polar surface area (TPSA) is 0 Å². The first-order valence-electron chi connectivity index (χ1n) is 13.1. The van der Waals surface area contributed by atoms with Gasteiger partial charge in [0.1, 0.15) is 5.82 Å². The van der Waals surface area contributed by atoms with E-state index in [2.05, 4.69) is 74.2 Å². The van der Waals surface area contributed by atoms with Crippen molar-refractivity contribution in [3.63, 3.8) is 0 Å². The molecule has 4 rings (SSSR count). The molecule has 0 aliphatic carbocycles. The molecule has 0 amide bonds. The zero-order valence-corrected chi connectivity index (χ0v) is 21.0. The predicted octanol–water partition coefficient (Wildman–Crippen LogP) is 8.85. The van der Waals surface area contributed by atoms with Crippen LogP contribution in [0, 0.1) is 17.7 Å². The van der Waals surface area contributed by atoms with E-state index in [1.807, 2.05) is 30.3 Å². The Morgan fingerprint density at radius 1 is 0.600 bits per heavy atom. The van der Waals surface area contributed by atoms with E-state index in [1.54, 1.807) is 0 Å². The molecule has 0 fully saturated rings. The molecular weight excluding hydrogens is 427 g/mol. The maximum absolute atomic E-state index is 15.1. The van der Waals surface area contributed by atoms with Crippen LogP contribution in [0.4, 0.5) is 4.39 Å². The fraction of sp³-hybridized carbons (Fsp3) is 0.294. The molecule has 0 N–H and O–H groups in total. The quantitative estimate of drug-likeness (QED) is 0.172. The number of rotatable bonds is 9. The monoisotopic (exact) mass is 462 g/mol. The minimum Gasteiger partial charge on any atom is -0.205 e. The van der Waals surface area contributed by atoms with Crippen molar-refractivity contribution < 1.29 is 4.39 Å². The molecule has 0 atom stereocenters. The van der Waals surface area contributed by atoms with Gasteiger partial charge in [0.2, 0.25) is 0 Å². The summed E-state index contributed by atoms with van der Waals surface area (Å²) in [7, 11) is 0. The van der Waals surface area contributed by atoms with Gasteiger partial charge in [-0.25, -0.2) is 4.39 Å². The van der Waals surface area contributed by atoms with Gasteiger partial charge in [-0.15, -0.1) is 0 Å². The van der Waals surface area contributed by atoms with Gasteiger partial charge >= 0.3 is 0 Å². The molecule has 0 bridgehead atoms. The smallest absolute Gasteiger partial charge is 0.146 e. The second-order valence-corrected chi connectivity index (χ2v) is 9.41. The Bertz CT molecular complexity index is 1300. The van der Waals surface area contributed by atoms with Gasteiger partial charge in [-0.1, -0.05) is 106 Å². The first-order chi connectivity index (χ1) is 17.2. The van der Waals surface area contributed by atoms with Crippen molar-refractivity contribution in [2.24, 2.45) is 0 Å². The van der Waals surface area contributed by atoms with E-state index in [0.717, 1.165) is 36.6 Å². The van der Waals surface area contributed by atoms with Gasteiger partial charge in [0.05, 0.1) is 5.56 Å². The molecule has 35 heavy (non-hydrogen) atoms. The summed E-state index contributed by atoms with van der Waals surface area (Å²) in [6.45, 7) is 4.41. The van der Waals surface area contributed by atoms with Gasteiger partial charge in [-0.2, -0.15) is 0 Å². The van der Waals surface area contributed by atoms with E-state index in [-0.39, 0.29) is 5.82 Å². The Balaban J connectivity index is 1.39. The highest BCUT2D eigenvalue weighted by Crippen LogP contribution is 2.23. The van der Waals surface area contributed by atoms with Crippen LogP contribution in [0.15, 0.2) is 78.9 Å². The highest BCUT2D eigenvalue weighted by Gasteiger charge is 2.07. The minimum absolute atomic E-state index is 0.224. The molecule has 0 saturated heterocycles. The molecule has 0 aromatic heterocycles. The van der Waals surface area contributed by atoms with E-state index in [4.69, 9.17) is 0 Å². The summed E-state index contributed by atoms with van der Waals surface area (Å²) in [5.74, 6) is 5.96. The van der Waals surface area contributed by atoms with Gasteiger partial charge < -0.3 is 0 Å². The van der Waals surface area contributed by atoms with Crippen LogP contribution in [0.25, 0.3) is 10.8 Å². The van der Waals surface area contributed by atoms with Crippen molar-refractivity contribution in [2.45, 2.75) is 65.2 Å². The van der Waals surface area contributed by atoms with Crippen LogP contribution in [0.3, 0.4) is 0 Å². The van der Waals surface area contributed by atoms with Crippen LogP contribution >= 0.6 is 0 Å². The van der Waals surface area contributed by atoms with Crippen molar-refractivity contribution >= 4 is 10.8 Å². The van der Waals surface area contributed by atoms with E-state index in [1.165, 1.54) is 47.9 Å². The third kappa shape index (κ3) is 6.83. The Morgan fingerprint density at radius 2 is 1.26 bits per heavy atom. The number of hydrogen-bond acceptors (Lipinski definition) is 0. The molecule has 4 aromatic rings. The number of unbranched alkanes of at least 4 members (excludes halogenated alkanes) is 3. The molecule has 0 heterocycles. The lowest BCUT2D eigenvalue weighted by atomic mass is 10.00. The summed E-state index contributed by atoms with van der Waals surface area (Å²) in [5.41, 5.74) is 6.67. The van der Waals surface area contributed by atoms with Gasteiger partial charge in [-0.3, -0.25) is 0 Å². The number of hydrogen-bond donors (Lipinski definition) is 0. The summed E-state index contributed by atoms with van der Waals surface area (Å²) in [4.78, 5) is 0. The second kappa shape index (κ2) is 12.4. The standard InChI is InChI=1S/C34H35F/c1-3-5-6-7-8-30-20-24-33-32(25-30)23-22-31(34(33)35)21-19-29-17-15-28(16-18-29)14-13-27-11-9-26(4-2)10-12-27/h9-12,15-18,20,22-25H,3-8,13-14H2,1-2H3. The Morgan fingerprint density at radius 3 is 1.94 bits per heavy atom. The van der Waals surface area contributed by atoms with Crippen molar-refractivity contribution in [3.8, 4) is 11.8 Å². The lowest BCUT2D eigenvalue weighted by Gasteiger charge is -2.06. The lowest BCUT2D eigenvalue weighted by Crippen LogP contribution is -1.92. The highest BCUT2D eigenvalue weighted by atomic mass is 19.1. The largest absolute Gasteiger partial charge is 0.205 e. The first-order valence-corrected chi connectivity index (χ1v) is 13.1. The number of fused-ring (bicyclic) bond motifs is 1. The zero-order valence-electron chi connectivity index (χ0n) is 21.0. The number of halogens is 1. The Hall–Kier alpha value is -3.37. The summed E-state index contributed by atoms with van der Waals surface area (Å²) in [6.07, 6.45) is 9.12.